The quantitative estimate of drug-likeness (QED) is 0.0202. The van der Waals surface area contributed by atoms with Gasteiger partial charge in [-0.05, 0) is 98.2 Å². The van der Waals surface area contributed by atoms with Gasteiger partial charge >= 0.3 is 6.03 Å². The molecular formula is C69H94N18O15. The Hall–Kier alpha value is -11.1. The summed E-state index contributed by atoms with van der Waals surface area (Å²) in [6.45, 7) is 7.31. The fourth-order valence-corrected chi connectivity index (χ4v) is 12.0. The van der Waals surface area contributed by atoms with Crippen LogP contribution >= 0.6 is 0 Å². The number of aromatic hydroxyl groups is 1. The molecule has 20 N–H and O–H groups in total. The number of nitrogens with zero attached hydrogens (tertiary/aromatic N) is 3. The number of aliphatic imine (C=N–C) groups is 1. The van der Waals surface area contributed by atoms with Gasteiger partial charge in [-0.3, -0.25) is 67.8 Å². The van der Waals surface area contributed by atoms with Crippen LogP contribution in [0.5, 0.6) is 5.75 Å². The average Bonchev–Trinajstić information content (AvgIpc) is 1.76. The molecule has 0 spiro atoms. The second-order valence-electron chi connectivity index (χ2n) is 26.2. The number of urea groups is 1. The van der Waals surface area contributed by atoms with Gasteiger partial charge < -0.3 is 95.0 Å². The SMILES string of the molecule is CC[C@H](C)[C@@H]1NC(=O)[C@H](CCCN=C(N)N)NC(=O)[C@H](Cc2ccc(O)cc2)NC(=O)[C@H](Cc2c[nH]c3ccccc23)NC(=O)[C@H](CO)NC(=O)[C@H](CC(N)=O)NC(=O)[C@H](C)N(C)C(=O)[C@@H](C(=O)N2CCCC2)NC(=O)[C@H](CC(C)C)NC(=O)NC(=O)C[C@H](Cc2c[nH]c3ccccc23)NC1=O. The Kier molecular flexibility index (Phi) is 28.2. The summed E-state index contributed by atoms with van der Waals surface area (Å²) in [6.07, 6.45) is 2.34. The first kappa shape index (κ1) is 78.2. The second kappa shape index (κ2) is 36.8. The van der Waals surface area contributed by atoms with E-state index in [4.69, 9.17) is 17.2 Å². The molecule has 0 radical (unpaired) electrons. The number of para-hydroxylation sites is 2. The number of guanidine groups is 1. The number of fused-ring (bicyclic) bond motifs is 2. The summed E-state index contributed by atoms with van der Waals surface area (Å²) >= 11 is 0. The number of likely N-dealkylation sites (N-methyl/N-ethyl adjacent to an activating group) is 1. The predicted octanol–water partition coefficient (Wildman–Crippen LogP) is -1.66. The third-order valence-electron chi connectivity index (χ3n) is 18.0. The van der Waals surface area contributed by atoms with E-state index in [1.807, 2.05) is 18.2 Å². The number of likely N-dealkylation sites (tertiary alicyclic amines) is 1. The van der Waals surface area contributed by atoms with Crippen LogP contribution in [0.2, 0.25) is 0 Å². The van der Waals surface area contributed by atoms with Crippen LogP contribution in [0.1, 0.15) is 103 Å². The molecule has 2 fully saturated rings. The number of aliphatic hydroxyl groups excluding tert-OH is 1. The Morgan fingerprint density at radius 2 is 1.14 bits per heavy atom. The maximum atomic E-state index is 15.1. The van der Waals surface area contributed by atoms with Gasteiger partial charge in [-0.15, -0.1) is 0 Å². The van der Waals surface area contributed by atoms with E-state index in [1.165, 1.54) is 36.1 Å². The summed E-state index contributed by atoms with van der Waals surface area (Å²) in [4.78, 5) is 200. The molecule has 2 saturated heterocycles. The Morgan fingerprint density at radius 1 is 0.608 bits per heavy atom. The van der Waals surface area contributed by atoms with Crippen LogP contribution in [0.25, 0.3) is 21.8 Å². The van der Waals surface area contributed by atoms with Crippen molar-refractivity contribution in [2.24, 2.45) is 34.0 Å². The van der Waals surface area contributed by atoms with E-state index in [1.54, 1.807) is 70.4 Å². The number of rotatable bonds is 18. The number of hydrogen-bond donors (Lipinski definition) is 17. The standard InChI is InChI=1S/C69H94N18O15/c1-7-37(4)56-65(99)76-42(29-40-33-74-46-17-10-8-15-44(40)46)31-55(91)83-69(102)82-49(27-36(2)3)63(97)85-57(67(101)87-25-12-13-26-87)66(100)86(6)38(5)58(92)78-52(32-54(70)90)62(96)81-53(35-88)64(98)80-51(30-41-34-75-47-18-11-9-16-45(41)47)61(95)79-50(28-39-20-22-43(89)23-21-39)60(94)77-48(59(93)84-56)19-14-24-73-68(71)72/h8-11,15-18,20-23,33-34,36-38,42,48-53,56-57,74-75,88-89H,7,12-14,19,24-32,35H2,1-6H3,(H2,70,90)(H,76,99)(H,77,94)(H,78,92)(H,79,95)(H,80,98)(H,81,96)(H,84,93)(H,85,97)(H4,71,72,73)(H2,82,83,91,102)/t37-,38-,42-,48-,49-,50-,51-,52-,53-,56-,57-/m0/s1. The molecule has 4 heterocycles. The number of hydrogen-bond acceptors (Lipinski definition) is 16. The van der Waals surface area contributed by atoms with Crippen LogP contribution < -0.4 is 70.4 Å². The van der Waals surface area contributed by atoms with E-state index in [2.05, 4.69) is 68.1 Å². The number of phenolic OH excluding ortho intramolecular Hbond substituents is 1. The number of H-pyrrole nitrogens is 2. The summed E-state index contributed by atoms with van der Waals surface area (Å²) in [6, 6.07) is 2.42. The Morgan fingerprint density at radius 3 is 1.72 bits per heavy atom. The topological polar surface area (TPSA) is 511 Å². The average molecular weight is 1420 g/mol. The van der Waals surface area contributed by atoms with E-state index in [0.717, 1.165) is 22.9 Å². The van der Waals surface area contributed by atoms with Crippen molar-refractivity contribution in [1.82, 2.24) is 72.9 Å². The fraction of sp³-hybridized carbons (Fsp3) is 0.478. The highest BCUT2D eigenvalue weighted by Gasteiger charge is 2.41. The zero-order valence-electron chi connectivity index (χ0n) is 57.9. The number of nitrogens with two attached hydrogens (primary N) is 3. The van der Waals surface area contributed by atoms with Gasteiger partial charge in [0.05, 0.1) is 13.0 Å². The highest BCUT2D eigenvalue weighted by Crippen LogP contribution is 2.23. The van der Waals surface area contributed by atoms with Crippen molar-refractivity contribution in [2.75, 3.05) is 33.3 Å². The van der Waals surface area contributed by atoms with Gasteiger partial charge in [0.15, 0.2) is 12.0 Å². The molecule has 0 saturated carbocycles. The molecule has 0 unspecified atom stereocenters. The van der Waals surface area contributed by atoms with Crippen LogP contribution in [0.15, 0.2) is 90.2 Å². The van der Waals surface area contributed by atoms with Gasteiger partial charge in [0, 0.05) is 86.2 Å². The van der Waals surface area contributed by atoms with Crippen molar-refractivity contribution in [3.05, 3.63) is 102 Å². The van der Waals surface area contributed by atoms with Crippen LogP contribution in [0.3, 0.4) is 0 Å². The summed E-state index contributed by atoms with van der Waals surface area (Å²) < 4.78 is 0. The third-order valence-corrected chi connectivity index (χ3v) is 18.0. The van der Waals surface area contributed by atoms with Gasteiger partial charge in [-0.1, -0.05) is 82.6 Å². The third kappa shape index (κ3) is 21.9. The van der Waals surface area contributed by atoms with Crippen molar-refractivity contribution < 1.29 is 72.5 Å². The smallest absolute Gasteiger partial charge is 0.322 e. The molecule has 33 nitrogen and oxygen atoms in total. The number of aromatic amines is 2. The zero-order chi connectivity index (χ0) is 74.5. The van der Waals surface area contributed by atoms with E-state index in [-0.39, 0.29) is 75.8 Å². The lowest BCUT2D eigenvalue weighted by Gasteiger charge is -2.32. The lowest BCUT2D eigenvalue weighted by atomic mass is 9.96. The molecule has 2 aliphatic rings. The van der Waals surface area contributed by atoms with Gasteiger partial charge in [0.1, 0.15) is 54.1 Å². The van der Waals surface area contributed by atoms with Crippen LogP contribution in [-0.2, 0) is 76.8 Å². The van der Waals surface area contributed by atoms with Crippen molar-refractivity contribution in [2.45, 2.75) is 166 Å². The lowest BCUT2D eigenvalue weighted by molar-refractivity contribution is -0.149. The number of primary amides is 1. The molecule has 102 heavy (non-hydrogen) atoms. The maximum Gasteiger partial charge on any atom is 0.322 e. The summed E-state index contributed by atoms with van der Waals surface area (Å²) in [5, 5.41) is 47.9. The second-order valence-corrected chi connectivity index (χ2v) is 26.2. The minimum atomic E-state index is -2.02. The number of aliphatic hydroxyl groups is 1. The minimum absolute atomic E-state index is 0.0194. The molecule has 0 bridgehead atoms. The van der Waals surface area contributed by atoms with E-state index in [0.29, 0.717) is 46.9 Å². The summed E-state index contributed by atoms with van der Waals surface area (Å²) in [5.74, 6) is -13.7. The molecule has 0 aliphatic carbocycles. The van der Waals surface area contributed by atoms with E-state index in [9.17, 15) is 63.0 Å². The Balaban J connectivity index is 1.31. The maximum absolute atomic E-state index is 15.1. The first-order valence-corrected chi connectivity index (χ1v) is 34.0. The first-order valence-electron chi connectivity index (χ1n) is 34.0. The largest absolute Gasteiger partial charge is 0.508 e. The van der Waals surface area contributed by atoms with E-state index < -0.39 is 163 Å². The molecule has 550 valence electrons. The van der Waals surface area contributed by atoms with Crippen molar-refractivity contribution in [3.63, 3.8) is 0 Å². The van der Waals surface area contributed by atoms with Crippen LogP contribution in [0.4, 0.5) is 4.79 Å². The number of aromatic nitrogens is 2. The number of carbonyl (C=O) groups excluding carboxylic acids is 13. The number of carbonyl (C=O) groups is 13. The van der Waals surface area contributed by atoms with Crippen molar-refractivity contribution in [3.8, 4) is 5.75 Å². The Labute approximate surface area is 588 Å². The summed E-state index contributed by atoms with van der Waals surface area (Å²) in [7, 11) is 1.13. The molecule has 33 heteroatoms. The fourth-order valence-electron chi connectivity index (χ4n) is 12.0. The highest BCUT2D eigenvalue weighted by atomic mass is 16.3. The number of nitrogens with one attached hydrogen (secondary N) is 12. The molecule has 14 amide bonds. The normalized spacial score (nSPS) is 23.7. The number of imide groups is 1. The molecule has 2 aliphatic heterocycles. The molecule has 7 rings (SSSR count). The monoisotopic (exact) mass is 1410 g/mol. The number of benzene rings is 3. The van der Waals surface area contributed by atoms with Crippen molar-refractivity contribution in [1.29, 1.82) is 0 Å². The zero-order valence-corrected chi connectivity index (χ0v) is 57.9. The highest BCUT2D eigenvalue weighted by molar-refractivity contribution is 6.09. The van der Waals surface area contributed by atoms with Gasteiger partial charge in [-0.2, -0.15) is 0 Å². The van der Waals surface area contributed by atoms with Gasteiger partial charge in [-0.25, -0.2) is 4.79 Å². The number of phenols is 1. The molecule has 3 aromatic carbocycles. The summed E-state index contributed by atoms with van der Waals surface area (Å²) in [5.41, 5.74) is 19.7. The molecular weight excluding hydrogens is 1320 g/mol. The van der Waals surface area contributed by atoms with Crippen molar-refractivity contribution >= 4 is 105 Å². The van der Waals surface area contributed by atoms with E-state index >= 15 is 9.59 Å². The van der Waals surface area contributed by atoms with Crippen LogP contribution in [-0.4, -0.2) is 207 Å². The Bertz CT molecular complexity index is 3880. The molecule has 11 atom stereocenters. The van der Waals surface area contributed by atoms with Gasteiger partial charge in [0.2, 0.25) is 59.1 Å². The van der Waals surface area contributed by atoms with Crippen LogP contribution in [0, 0.1) is 11.8 Å². The molecule has 5 aromatic rings. The minimum Gasteiger partial charge on any atom is -0.508 e. The number of amides is 14. The van der Waals surface area contributed by atoms with Gasteiger partial charge in [0.25, 0.3) is 11.8 Å². The first-order chi connectivity index (χ1) is 48.5. The predicted molar refractivity (Wildman–Crippen MR) is 374 cm³/mol. The molecule has 2 aromatic heterocycles. The lowest BCUT2D eigenvalue weighted by Crippen LogP contribution is -2.63.